The first-order chi connectivity index (χ1) is 18.0. The minimum atomic E-state index is -3.86. The molecule has 5 heteroatoms. The van der Waals surface area contributed by atoms with Crippen molar-refractivity contribution in [2.75, 3.05) is 7.11 Å². The minimum Gasteiger partial charge on any atom is -0.496 e. The molecule has 0 unspecified atom stereocenters. The van der Waals surface area contributed by atoms with Gasteiger partial charge in [-0.3, -0.25) is 0 Å². The summed E-state index contributed by atoms with van der Waals surface area (Å²) in [6, 6.07) is 5.57. The van der Waals surface area contributed by atoms with E-state index in [-0.39, 0.29) is 5.41 Å². The van der Waals surface area contributed by atoms with Crippen molar-refractivity contribution in [1.82, 2.24) is 0 Å². The Labute approximate surface area is 230 Å². The van der Waals surface area contributed by atoms with E-state index >= 15 is 0 Å². The van der Waals surface area contributed by atoms with E-state index in [1.54, 1.807) is 26.2 Å². The second kappa shape index (κ2) is 11.1. The molecule has 208 valence electrons. The highest BCUT2D eigenvalue weighted by molar-refractivity contribution is 7.87. The Hall–Kier alpha value is -2.27. The summed E-state index contributed by atoms with van der Waals surface area (Å²) in [5.41, 5.74) is 0.750. The molecule has 0 radical (unpaired) electrons. The van der Waals surface area contributed by atoms with E-state index in [1.165, 1.54) is 44.1 Å². The molecular weight excluding hydrogens is 492 g/mol. The molecule has 0 aliphatic heterocycles. The zero-order valence-electron chi connectivity index (χ0n) is 24.1. The molecule has 4 aliphatic rings. The third kappa shape index (κ3) is 5.68. The molecule has 1 aromatic rings. The Balaban J connectivity index is 1.84. The van der Waals surface area contributed by atoms with Gasteiger partial charge < -0.3 is 8.92 Å². The molecule has 1 aromatic carbocycles. The standard InChI is InChI=1S/C33H46O4S/c1-8-11-12-31(36-7)30(33-20-24-15-25(21-33)17-26(16-24)22-33)19-28-18-29(14-13-27(28)9-2)37-38(34,35)23(4)32(5,6)10-3/h9-14,18-19,23-26H,3,8,15-17,20-22H2,1-2,4-7H3/b12-11-,27-9-,28-19-,31-30-/t23-,24?,25?,26?,33?/m0/s1. The molecule has 4 nitrogen and oxygen atoms in total. The first-order valence-corrected chi connectivity index (χ1v) is 15.7. The summed E-state index contributed by atoms with van der Waals surface area (Å²) >= 11 is 0. The van der Waals surface area contributed by atoms with Crippen LogP contribution in [0.1, 0.15) is 79.6 Å². The average molecular weight is 539 g/mol. The fourth-order valence-electron chi connectivity index (χ4n) is 7.31. The highest BCUT2D eigenvalue weighted by Crippen LogP contribution is 2.63. The van der Waals surface area contributed by atoms with Gasteiger partial charge >= 0.3 is 10.1 Å². The number of benzene rings is 1. The van der Waals surface area contributed by atoms with Crippen LogP contribution in [-0.4, -0.2) is 20.8 Å². The molecule has 5 rings (SSSR count). The fraction of sp³-hybridized carbons (Fsp3) is 0.576. The average Bonchev–Trinajstić information content (AvgIpc) is 2.87. The molecule has 0 aromatic heterocycles. The molecule has 38 heavy (non-hydrogen) atoms. The van der Waals surface area contributed by atoms with Crippen LogP contribution in [0.2, 0.25) is 0 Å². The van der Waals surface area contributed by atoms with E-state index < -0.39 is 20.8 Å². The van der Waals surface area contributed by atoms with Crippen molar-refractivity contribution in [2.45, 2.75) is 84.8 Å². The summed E-state index contributed by atoms with van der Waals surface area (Å²) in [5.74, 6) is 3.65. The van der Waals surface area contributed by atoms with Crippen LogP contribution in [0.4, 0.5) is 0 Å². The highest BCUT2D eigenvalue weighted by atomic mass is 32.2. The van der Waals surface area contributed by atoms with Crippen molar-refractivity contribution >= 4 is 22.3 Å². The lowest BCUT2D eigenvalue weighted by atomic mass is 9.47. The zero-order valence-corrected chi connectivity index (χ0v) is 24.9. The van der Waals surface area contributed by atoms with Gasteiger partial charge in [0, 0.05) is 11.0 Å². The first-order valence-electron chi connectivity index (χ1n) is 14.3. The summed E-state index contributed by atoms with van der Waals surface area (Å²) in [4.78, 5) is 0. The van der Waals surface area contributed by atoms with Crippen LogP contribution in [0.25, 0.3) is 12.2 Å². The Kier molecular flexibility index (Phi) is 8.37. The Bertz CT molecular complexity index is 1290. The van der Waals surface area contributed by atoms with Gasteiger partial charge in [0.2, 0.25) is 0 Å². The molecule has 0 spiro atoms. The van der Waals surface area contributed by atoms with E-state index in [4.69, 9.17) is 8.92 Å². The first kappa shape index (κ1) is 28.7. The molecule has 0 amide bonds. The van der Waals surface area contributed by atoms with Crippen molar-refractivity contribution in [2.24, 2.45) is 28.6 Å². The topological polar surface area (TPSA) is 52.6 Å². The van der Waals surface area contributed by atoms with Gasteiger partial charge in [-0.2, -0.15) is 8.42 Å². The van der Waals surface area contributed by atoms with E-state index in [1.807, 2.05) is 32.9 Å². The van der Waals surface area contributed by atoms with Crippen molar-refractivity contribution in [3.8, 4) is 5.75 Å². The Morgan fingerprint density at radius 1 is 1.13 bits per heavy atom. The lowest BCUT2D eigenvalue weighted by Crippen LogP contribution is -2.47. The van der Waals surface area contributed by atoms with Gasteiger partial charge in [-0.1, -0.05) is 45.1 Å². The number of allylic oxidation sites excluding steroid dienone is 4. The van der Waals surface area contributed by atoms with Crippen LogP contribution < -0.4 is 14.6 Å². The monoisotopic (exact) mass is 538 g/mol. The molecule has 1 atom stereocenters. The van der Waals surface area contributed by atoms with E-state index in [0.717, 1.165) is 40.4 Å². The third-order valence-corrected chi connectivity index (χ3v) is 11.4. The second-order valence-corrected chi connectivity index (χ2v) is 14.3. The number of rotatable bonds is 10. The summed E-state index contributed by atoms with van der Waals surface area (Å²) in [7, 11) is -2.09. The minimum absolute atomic E-state index is 0.106. The van der Waals surface area contributed by atoms with Gasteiger partial charge in [0.05, 0.1) is 7.11 Å². The van der Waals surface area contributed by atoms with Crippen LogP contribution in [0.15, 0.2) is 54.3 Å². The molecule has 4 fully saturated rings. The van der Waals surface area contributed by atoms with Gasteiger partial charge in [-0.15, -0.1) is 6.58 Å². The number of methoxy groups -OCH3 is 1. The van der Waals surface area contributed by atoms with Crippen molar-refractivity contribution in [3.05, 3.63) is 64.8 Å². The van der Waals surface area contributed by atoms with Crippen molar-refractivity contribution in [3.63, 3.8) is 0 Å². The molecule has 0 heterocycles. The van der Waals surface area contributed by atoms with Gasteiger partial charge in [-0.25, -0.2) is 0 Å². The van der Waals surface area contributed by atoms with Crippen LogP contribution in [0.3, 0.4) is 0 Å². The predicted octanol–water partition coefficient (Wildman–Crippen LogP) is 6.66. The van der Waals surface area contributed by atoms with Crippen LogP contribution >= 0.6 is 0 Å². The fourth-order valence-corrected chi connectivity index (χ4v) is 8.67. The van der Waals surface area contributed by atoms with E-state index in [0.29, 0.717) is 5.75 Å². The smallest absolute Gasteiger partial charge is 0.312 e. The van der Waals surface area contributed by atoms with Crippen LogP contribution in [-0.2, 0) is 14.9 Å². The molecular formula is C33H46O4S. The largest absolute Gasteiger partial charge is 0.496 e. The summed E-state index contributed by atoms with van der Waals surface area (Å²) in [6.07, 6.45) is 19.0. The van der Waals surface area contributed by atoms with Crippen molar-refractivity contribution < 1.29 is 17.3 Å². The van der Waals surface area contributed by atoms with Crippen molar-refractivity contribution in [1.29, 1.82) is 0 Å². The van der Waals surface area contributed by atoms with Gasteiger partial charge in [0.25, 0.3) is 0 Å². The summed E-state index contributed by atoms with van der Waals surface area (Å²) < 4.78 is 38.1. The van der Waals surface area contributed by atoms with Gasteiger partial charge in [0.1, 0.15) is 16.8 Å². The molecule has 4 bridgehead atoms. The van der Waals surface area contributed by atoms with E-state index in [9.17, 15) is 8.42 Å². The number of hydrogen-bond acceptors (Lipinski definition) is 4. The number of ether oxygens (including phenoxy) is 1. The molecule has 4 saturated carbocycles. The SMILES string of the molecule is C=CC(C)(C)[C@H](C)S(=O)(=O)Oc1ccc(=C/C)/c(=C\C(=C(/C=C\CC)OC)C23CC4CC(CC(C4)C2)C3)c1. The van der Waals surface area contributed by atoms with Gasteiger partial charge in [-0.05, 0) is 117 Å². The zero-order chi connectivity index (χ0) is 27.7. The van der Waals surface area contributed by atoms with E-state index in [2.05, 4.69) is 37.8 Å². The molecule has 0 N–H and O–H groups in total. The second-order valence-electron chi connectivity index (χ2n) is 12.5. The Morgan fingerprint density at radius 3 is 2.24 bits per heavy atom. The van der Waals surface area contributed by atoms with Crippen LogP contribution in [0.5, 0.6) is 5.75 Å². The normalized spacial score (nSPS) is 29.5. The molecule has 4 aliphatic carbocycles. The quantitative estimate of drug-likeness (QED) is 0.145. The number of hydrogen-bond donors (Lipinski definition) is 0. The van der Waals surface area contributed by atoms with Crippen LogP contribution in [0, 0.1) is 28.6 Å². The lowest BCUT2D eigenvalue weighted by Gasteiger charge is -2.57. The third-order valence-electron chi connectivity index (χ3n) is 9.49. The molecule has 0 saturated heterocycles. The maximum atomic E-state index is 13.2. The maximum Gasteiger partial charge on any atom is 0.312 e. The van der Waals surface area contributed by atoms with Gasteiger partial charge in [0.15, 0.2) is 0 Å². The highest BCUT2D eigenvalue weighted by Gasteiger charge is 2.52. The predicted molar refractivity (Wildman–Crippen MR) is 157 cm³/mol. The summed E-state index contributed by atoms with van der Waals surface area (Å²) in [6.45, 7) is 13.4. The maximum absolute atomic E-state index is 13.2. The Morgan fingerprint density at radius 2 is 1.74 bits per heavy atom. The lowest BCUT2D eigenvalue weighted by molar-refractivity contribution is -0.0294. The summed E-state index contributed by atoms with van der Waals surface area (Å²) in [5, 5.41) is 1.27.